The van der Waals surface area contributed by atoms with Gasteiger partial charge in [-0.25, -0.2) is 4.79 Å². The van der Waals surface area contributed by atoms with Gasteiger partial charge in [-0.2, -0.15) is 13.2 Å². The highest BCUT2D eigenvalue weighted by atomic mass is 79.9. The number of nitrogens with zero attached hydrogens (tertiary/aromatic N) is 4. The number of aromatic nitrogens is 3. The Labute approximate surface area is 299 Å². The summed E-state index contributed by atoms with van der Waals surface area (Å²) in [6.07, 6.45) is -5.85. The van der Waals surface area contributed by atoms with E-state index in [0.717, 1.165) is 26.9 Å². The molecule has 3 aromatic carbocycles. The number of carbonyl (C=O) groups is 2. The topological polar surface area (TPSA) is 119 Å². The molecule has 2 N–H and O–H groups in total. The van der Waals surface area contributed by atoms with Crippen LogP contribution in [0.25, 0.3) is 16.9 Å². The van der Waals surface area contributed by atoms with Crippen LogP contribution in [0, 0.1) is 6.92 Å². The molecule has 0 bridgehead atoms. The number of carbonyl (C=O) groups excluding carboxylic acids is 2. The van der Waals surface area contributed by atoms with Gasteiger partial charge in [0.1, 0.15) is 18.1 Å². The first-order valence-corrected chi connectivity index (χ1v) is 16.8. The molecule has 0 aliphatic carbocycles. The maximum Gasteiger partial charge on any atom is 0.417 e. The summed E-state index contributed by atoms with van der Waals surface area (Å²) in [6, 6.07) is 23.4. The van der Waals surface area contributed by atoms with Crippen molar-refractivity contribution in [2.45, 2.75) is 51.8 Å². The van der Waals surface area contributed by atoms with Gasteiger partial charge in [0.05, 0.1) is 23.6 Å². The highest BCUT2D eigenvalue weighted by molar-refractivity contribution is 9.10. The van der Waals surface area contributed by atoms with E-state index in [1.807, 2.05) is 50.2 Å². The SMILES string of the molecule is Cc1cc(C(=O)N2Cc3c(C(=O)NCc4ccccc4-c4ccccn4)n(-c4ccc(OC[C@H](O)C(F)(F)F)cc4)c(=O)n3C[C@H]2C)ccc1Br. The van der Waals surface area contributed by atoms with Gasteiger partial charge in [-0.15, -0.1) is 0 Å². The average molecular weight is 765 g/mol. The molecular formula is C37H33BrF3N5O5. The molecule has 0 unspecified atom stereocenters. The molecule has 2 aromatic heterocycles. The molecule has 10 nitrogen and oxygen atoms in total. The van der Waals surface area contributed by atoms with Crippen molar-refractivity contribution in [3.8, 4) is 22.7 Å². The van der Waals surface area contributed by atoms with Crippen molar-refractivity contribution in [1.29, 1.82) is 0 Å². The lowest BCUT2D eigenvalue weighted by molar-refractivity contribution is -0.210. The van der Waals surface area contributed by atoms with Crippen molar-refractivity contribution in [2.24, 2.45) is 0 Å². The molecule has 0 saturated carbocycles. The second-order valence-electron chi connectivity index (χ2n) is 12.2. The highest BCUT2D eigenvalue weighted by Gasteiger charge is 2.39. The molecule has 1 aliphatic heterocycles. The minimum atomic E-state index is -4.85. The van der Waals surface area contributed by atoms with E-state index >= 15 is 0 Å². The molecule has 0 saturated heterocycles. The zero-order valence-electron chi connectivity index (χ0n) is 27.5. The number of rotatable bonds is 9. The van der Waals surface area contributed by atoms with Crippen molar-refractivity contribution in [2.75, 3.05) is 6.61 Å². The maximum atomic E-state index is 14.2. The molecule has 2 amide bonds. The molecular weight excluding hydrogens is 731 g/mol. The molecule has 6 rings (SSSR count). The highest BCUT2D eigenvalue weighted by Crippen LogP contribution is 2.28. The van der Waals surface area contributed by atoms with Crippen LogP contribution in [0.3, 0.4) is 0 Å². The van der Waals surface area contributed by atoms with Gasteiger partial charge in [-0.05, 0) is 79.6 Å². The van der Waals surface area contributed by atoms with Gasteiger partial charge in [0.15, 0.2) is 6.10 Å². The fraction of sp³-hybridized carbons (Fsp3) is 0.243. The van der Waals surface area contributed by atoms with Crippen molar-refractivity contribution in [3.63, 3.8) is 0 Å². The fourth-order valence-electron chi connectivity index (χ4n) is 5.97. The number of benzene rings is 3. The van der Waals surface area contributed by atoms with Crippen LogP contribution in [0.1, 0.15) is 44.6 Å². The van der Waals surface area contributed by atoms with Crippen LogP contribution in [0.5, 0.6) is 5.75 Å². The number of halogens is 4. The smallest absolute Gasteiger partial charge is 0.417 e. The minimum Gasteiger partial charge on any atom is -0.491 e. The summed E-state index contributed by atoms with van der Waals surface area (Å²) in [5.41, 5.74) is 3.71. The minimum absolute atomic E-state index is 0.00756. The van der Waals surface area contributed by atoms with Crippen molar-refractivity contribution < 1.29 is 32.6 Å². The third-order valence-corrected chi connectivity index (χ3v) is 9.59. The Morgan fingerprint density at radius 2 is 1.78 bits per heavy atom. The number of hydrogen-bond acceptors (Lipinski definition) is 6. The number of aliphatic hydroxyl groups is 1. The summed E-state index contributed by atoms with van der Waals surface area (Å²) >= 11 is 3.46. The second-order valence-corrected chi connectivity index (χ2v) is 13.0. The van der Waals surface area contributed by atoms with Gasteiger partial charge in [-0.1, -0.05) is 46.3 Å². The quantitative estimate of drug-likeness (QED) is 0.189. The molecule has 2 atom stereocenters. The van der Waals surface area contributed by atoms with Crippen LogP contribution in [0.2, 0.25) is 0 Å². The van der Waals surface area contributed by atoms with Crippen LogP contribution in [0.4, 0.5) is 13.2 Å². The van der Waals surface area contributed by atoms with E-state index in [0.29, 0.717) is 11.3 Å². The predicted molar refractivity (Wildman–Crippen MR) is 187 cm³/mol. The number of hydrogen-bond donors (Lipinski definition) is 2. The van der Waals surface area contributed by atoms with Crippen LogP contribution in [-0.4, -0.2) is 60.9 Å². The zero-order chi connectivity index (χ0) is 36.4. The summed E-state index contributed by atoms with van der Waals surface area (Å²) in [6.45, 7) is 2.85. The summed E-state index contributed by atoms with van der Waals surface area (Å²) in [4.78, 5) is 48.2. The van der Waals surface area contributed by atoms with Crippen LogP contribution < -0.4 is 15.7 Å². The lowest BCUT2D eigenvalue weighted by Crippen LogP contribution is -2.47. The molecule has 0 spiro atoms. The van der Waals surface area contributed by atoms with Gasteiger partial charge < -0.3 is 20.1 Å². The summed E-state index contributed by atoms with van der Waals surface area (Å²) in [5.74, 6) is -0.819. The van der Waals surface area contributed by atoms with E-state index in [1.54, 1.807) is 35.4 Å². The molecule has 264 valence electrons. The molecule has 5 aromatic rings. The molecule has 0 fully saturated rings. The van der Waals surface area contributed by atoms with Crippen molar-refractivity contribution in [3.05, 3.63) is 134 Å². The largest absolute Gasteiger partial charge is 0.491 e. The van der Waals surface area contributed by atoms with Gasteiger partial charge in [0.2, 0.25) is 0 Å². The lowest BCUT2D eigenvalue weighted by Gasteiger charge is -2.34. The van der Waals surface area contributed by atoms with Crippen molar-refractivity contribution in [1.82, 2.24) is 24.3 Å². The Bertz CT molecular complexity index is 2130. The first kappa shape index (κ1) is 35.6. The number of ether oxygens (including phenoxy) is 1. The maximum absolute atomic E-state index is 14.2. The Hall–Kier alpha value is -5.21. The third kappa shape index (κ3) is 7.47. The van der Waals surface area contributed by atoms with Crippen LogP contribution in [0.15, 0.2) is 100 Å². The third-order valence-electron chi connectivity index (χ3n) is 8.70. The van der Waals surface area contributed by atoms with E-state index in [2.05, 4.69) is 26.2 Å². The van der Waals surface area contributed by atoms with E-state index in [-0.39, 0.29) is 42.7 Å². The van der Waals surface area contributed by atoms with E-state index < -0.39 is 36.5 Å². The first-order valence-electron chi connectivity index (χ1n) is 16.0. The Morgan fingerprint density at radius 1 is 1.06 bits per heavy atom. The molecule has 51 heavy (non-hydrogen) atoms. The van der Waals surface area contributed by atoms with E-state index in [1.165, 1.54) is 33.4 Å². The van der Waals surface area contributed by atoms with Gasteiger partial charge in [0.25, 0.3) is 11.8 Å². The standard InChI is InChI=1S/C37H33BrF3N5O5/c1-22-17-24(10-15-29(22)38)35(49)44-20-31-33(34(48)43-18-25-7-3-4-8-28(25)30-9-5-6-16-42-30)46(36(50)45(31)19-23(44)2)26-11-13-27(14-12-26)51-21-32(47)37(39,40)41/h3-17,23,32,47H,18-21H2,1-2H3,(H,43,48)/t23-,32+/m1/s1. The number of nitrogens with one attached hydrogen (secondary N) is 1. The fourth-order valence-corrected chi connectivity index (χ4v) is 6.22. The molecule has 3 heterocycles. The van der Waals surface area contributed by atoms with Crippen LogP contribution in [-0.2, 0) is 19.6 Å². The number of aliphatic hydroxyl groups excluding tert-OH is 1. The summed E-state index contributed by atoms with van der Waals surface area (Å²) < 4.78 is 47.1. The molecule has 14 heteroatoms. The Balaban J connectivity index is 1.36. The predicted octanol–water partition coefficient (Wildman–Crippen LogP) is 6.05. The molecule has 1 aliphatic rings. The van der Waals surface area contributed by atoms with Gasteiger partial charge in [0, 0.05) is 40.9 Å². The van der Waals surface area contributed by atoms with Crippen molar-refractivity contribution >= 4 is 27.7 Å². The zero-order valence-corrected chi connectivity index (χ0v) is 29.1. The Kier molecular flexibility index (Phi) is 10.2. The van der Waals surface area contributed by atoms with E-state index in [4.69, 9.17) is 4.74 Å². The first-order chi connectivity index (χ1) is 24.3. The number of fused-ring (bicyclic) bond motifs is 1. The number of amides is 2. The molecule has 0 radical (unpaired) electrons. The van der Waals surface area contributed by atoms with E-state index in [9.17, 15) is 32.7 Å². The monoisotopic (exact) mass is 763 g/mol. The lowest BCUT2D eigenvalue weighted by atomic mass is 10.0. The van der Waals surface area contributed by atoms with Crippen LogP contribution >= 0.6 is 15.9 Å². The number of imidazole rings is 1. The Morgan fingerprint density at radius 3 is 2.47 bits per heavy atom. The normalized spacial score (nSPS) is 14.9. The van der Waals surface area contributed by atoms with Gasteiger partial charge in [-0.3, -0.25) is 23.7 Å². The van der Waals surface area contributed by atoms with Gasteiger partial charge >= 0.3 is 11.9 Å². The second kappa shape index (κ2) is 14.6. The average Bonchev–Trinajstić information content (AvgIpc) is 3.41. The summed E-state index contributed by atoms with van der Waals surface area (Å²) in [5, 5.41) is 12.3. The summed E-state index contributed by atoms with van der Waals surface area (Å²) in [7, 11) is 0. The number of pyridine rings is 1. The number of alkyl halides is 3. The number of aryl methyl sites for hydroxylation is 1.